The van der Waals surface area contributed by atoms with Crippen LogP contribution in [-0.4, -0.2) is 57.3 Å². The predicted octanol–water partition coefficient (Wildman–Crippen LogP) is 5.93. The van der Waals surface area contributed by atoms with Crippen LogP contribution in [0.25, 0.3) is 32.9 Å². The van der Waals surface area contributed by atoms with Gasteiger partial charge in [0.1, 0.15) is 22.1 Å². The highest BCUT2D eigenvalue weighted by Crippen LogP contribution is 2.33. The highest BCUT2D eigenvalue weighted by Gasteiger charge is 2.38. The highest BCUT2D eigenvalue weighted by molar-refractivity contribution is 7.13. The minimum absolute atomic E-state index is 0.105. The summed E-state index contributed by atoms with van der Waals surface area (Å²) in [6.07, 6.45) is -3.36. The van der Waals surface area contributed by atoms with E-state index in [1.807, 2.05) is 53.9 Å². The largest absolute Gasteiger partial charge is 0.497 e. The summed E-state index contributed by atoms with van der Waals surface area (Å²) in [7, 11) is 3.40. The summed E-state index contributed by atoms with van der Waals surface area (Å²) in [4.78, 5) is 32.6. The molecule has 0 unspecified atom stereocenters. The van der Waals surface area contributed by atoms with Gasteiger partial charge in [-0.1, -0.05) is 11.2 Å². The molecule has 0 spiro atoms. The molecular weight excluding hydrogens is 549 g/mol. The van der Waals surface area contributed by atoms with E-state index in [4.69, 9.17) is 24.1 Å². The maximum absolute atomic E-state index is 13.0. The zero-order chi connectivity index (χ0) is 28.9. The molecule has 0 fully saturated rings. The number of amides is 1. The molecule has 206 valence electrons. The van der Waals surface area contributed by atoms with Gasteiger partial charge in [-0.25, -0.2) is 9.78 Å². The first kappa shape index (κ1) is 28.2. The molecule has 3 heterocycles. The number of carboxylic acid groups (broad SMARTS) is 1. The lowest BCUT2D eigenvalue weighted by Crippen LogP contribution is -2.26. The van der Waals surface area contributed by atoms with Gasteiger partial charge in [-0.05, 0) is 54.6 Å². The summed E-state index contributed by atoms with van der Waals surface area (Å²) >= 11 is 1.52. The average Bonchev–Trinajstić information content (AvgIpc) is 3.60. The number of rotatable bonds is 6. The van der Waals surface area contributed by atoms with Gasteiger partial charge < -0.3 is 19.3 Å². The van der Waals surface area contributed by atoms with Crippen molar-refractivity contribution in [2.24, 2.45) is 0 Å². The highest BCUT2D eigenvalue weighted by atomic mass is 32.1. The molecule has 0 bridgehead atoms. The van der Waals surface area contributed by atoms with Gasteiger partial charge in [0.15, 0.2) is 5.58 Å². The summed E-state index contributed by atoms with van der Waals surface area (Å²) in [5.41, 5.74) is 4.29. The number of ether oxygens (including phenoxy) is 1. The Morgan fingerprint density at radius 1 is 1.10 bits per heavy atom. The number of carbonyl (C=O) groups is 2. The summed E-state index contributed by atoms with van der Waals surface area (Å²) in [5, 5.41) is 14.9. The summed E-state index contributed by atoms with van der Waals surface area (Å²) < 4.78 is 42.5. The number of nitrogens with zero attached hydrogens (tertiary/aromatic N) is 4. The number of aromatic nitrogens is 3. The van der Waals surface area contributed by atoms with Gasteiger partial charge in [0.25, 0.3) is 5.91 Å². The first-order valence-corrected chi connectivity index (χ1v) is 12.4. The lowest BCUT2D eigenvalue weighted by Gasteiger charge is -2.16. The number of carbonyl (C=O) groups excluding carboxylic acids is 1. The normalized spacial score (nSPS) is 11.0. The van der Waals surface area contributed by atoms with Gasteiger partial charge >= 0.3 is 12.1 Å². The minimum Gasteiger partial charge on any atom is -0.497 e. The molecule has 0 aliphatic heterocycles. The van der Waals surface area contributed by atoms with Crippen LogP contribution < -0.4 is 4.74 Å². The smallest absolute Gasteiger partial charge is 0.490 e. The number of carboxylic acids is 1. The van der Waals surface area contributed by atoms with Crippen LogP contribution >= 0.6 is 11.3 Å². The van der Waals surface area contributed by atoms with Crippen LogP contribution in [0.5, 0.6) is 5.75 Å². The molecule has 0 radical (unpaired) electrons. The molecule has 2 aromatic carbocycles. The van der Waals surface area contributed by atoms with E-state index in [0.29, 0.717) is 29.1 Å². The molecule has 0 aliphatic carbocycles. The number of fused-ring (bicyclic) bond motifs is 1. The first-order chi connectivity index (χ1) is 19.1. The third-order valence-electron chi connectivity index (χ3n) is 5.52. The van der Waals surface area contributed by atoms with Crippen molar-refractivity contribution in [3.8, 4) is 27.7 Å². The zero-order valence-corrected chi connectivity index (χ0v) is 21.9. The fourth-order valence-electron chi connectivity index (χ4n) is 3.53. The van der Waals surface area contributed by atoms with Crippen LogP contribution in [0.3, 0.4) is 0 Å². The number of benzene rings is 2. The number of thiazole rings is 1. The number of methoxy groups -OCH3 is 1. The molecule has 1 amide bonds. The maximum atomic E-state index is 13.0. The fourth-order valence-corrected chi connectivity index (χ4v) is 4.34. The van der Waals surface area contributed by atoms with Crippen LogP contribution in [0.2, 0.25) is 0 Å². The summed E-state index contributed by atoms with van der Waals surface area (Å²) in [6.45, 7) is 0.422. The number of alkyl halides is 3. The van der Waals surface area contributed by atoms with Crippen molar-refractivity contribution >= 4 is 34.2 Å². The van der Waals surface area contributed by atoms with Crippen LogP contribution in [-0.2, 0) is 11.3 Å². The second-order valence-corrected chi connectivity index (χ2v) is 9.15. The van der Waals surface area contributed by atoms with Crippen molar-refractivity contribution in [1.29, 1.82) is 0 Å². The molecular formula is C27H21F3N4O5S. The Morgan fingerprint density at radius 3 is 2.45 bits per heavy atom. The Labute approximate surface area is 229 Å². The molecule has 0 atom stereocenters. The van der Waals surface area contributed by atoms with Gasteiger partial charge in [-0.2, -0.15) is 13.2 Å². The van der Waals surface area contributed by atoms with Crippen LogP contribution in [0.15, 0.2) is 76.8 Å². The van der Waals surface area contributed by atoms with Gasteiger partial charge in [-0.3, -0.25) is 9.78 Å². The molecule has 0 saturated carbocycles. The topological polar surface area (TPSA) is 119 Å². The van der Waals surface area contributed by atoms with Crippen LogP contribution in [0.4, 0.5) is 13.2 Å². The standard InChI is InChI=1S/C25H20N4O3S.C2HF3O2/c1-29(14-18-5-3-4-12-26-18)25(30)17-8-11-22-20(13-17)23(28-32-22)21-15-33-24(27-21)16-6-9-19(31-2)10-7-16;3-2(4,5)1(6)7/h3-13,15H,14H2,1-2H3;(H,6,7). The second-order valence-electron chi connectivity index (χ2n) is 8.29. The van der Waals surface area contributed by atoms with E-state index < -0.39 is 12.1 Å². The molecule has 13 heteroatoms. The van der Waals surface area contributed by atoms with E-state index >= 15 is 0 Å². The average molecular weight is 571 g/mol. The van der Waals surface area contributed by atoms with E-state index in [-0.39, 0.29) is 5.91 Å². The Morgan fingerprint density at radius 2 is 1.82 bits per heavy atom. The van der Waals surface area contributed by atoms with Crippen molar-refractivity contribution in [2.45, 2.75) is 12.7 Å². The Balaban J connectivity index is 0.000000470. The van der Waals surface area contributed by atoms with Crippen LogP contribution in [0, 0.1) is 0 Å². The van der Waals surface area contributed by atoms with Gasteiger partial charge in [-0.15, -0.1) is 11.3 Å². The molecule has 3 aromatic heterocycles. The van der Waals surface area contributed by atoms with E-state index in [9.17, 15) is 18.0 Å². The third kappa shape index (κ3) is 6.61. The molecule has 5 rings (SSSR count). The van der Waals surface area contributed by atoms with Crippen LogP contribution in [0.1, 0.15) is 16.1 Å². The monoisotopic (exact) mass is 570 g/mol. The van der Waals surface area contributed by atoms with E-state index in [2.05, 4.69) is 10.1 Å². The van der Waals surface area contributed by atoms with Crippen molar-refractivity contribution in [1.82, 2.24) is 20.0 Å². The summed E-state index contributed by atoms with van der Waals surface area (Å²) in [6, 6.07) is 18.7. The zero-order valence-electron chi connectivity index (χ0n) is 21.0. The SMILES string of the molecule is COc1ccc(-c2nc(-c3noc4ccc(C(=O)N(C)Cc5ccccn5)cc34)cs2)cc1.O=C(O)C(F)(F)F. The first-order valence-electron chi connectivity index (χ1n) is 11.5. The maximum Gasteiger partial charge on any atom is 0.490 e. The number of hydrogen-bond acceptors (Lipinski definition) is 8. The lowest BCUT2D eigenvalue weighted by atomic mass is 10.1. The van der Waals surface area contributed by atoms with Crippen molar-refractivity contribution in [3.05, 3.63) is 83.5 Å². The predicted molar refractivity (Wildman–Crippen MR) is 141 cm³/mol. The van der Waals surface area contributed by atoms with E-state index in [0.717, 1.165) is 27.4 Å². The second kappa shape index (κ2) is 11.9. The number of aliphatic carboxylic acids is 1. The van der Waals surface area contributed by atoms with Gasteiger partial charge in [0.2, 0.25) is 0 Å². The minimum atomic E-state index is -5.08. The number of pyridine rings is 1. The van der Waals surface area contributed by atoms with Crippen molar-refractivity contribution in [3.63, 3.8) is 0 Å². The molecule has 40 heavy (non-hydrogen) atoms. The van der Waals surface area contributed by atoms with E-state index in [1.54, 1.807) is 37.4 Å². The number of hydrogen-bond donors (Lipinski definition) is 1. The van der Waals surface area contributed by atoms with Gasteiger partial charge in [0.05, 0.1) is 24.7 Å². The Hall–Kier alpha value is -4.78. The number of halogens is 3. The fraction of sp³-hybridized carbons (Fsp3) is 0.148. The molecule has 5 aromatic rings. The third-order valence-corrected chi connectivity index (χ3v) is 6.41. The van der Waals surface area contributed by atoms with Crippen molar-refractivity contribution in [2.75, 3.05) is 14.2 Å². The van der Waals surface area contributed by atoms with Crippen molar-refractivity contribution < 1.29 is 37.1 Å². The molecule has 9 nitrogen and oxygen atoms in total. The molecule has 1 N–H and O–H groups in total. The Kier molecular flexibility index (Phi) is 8.43. The lowest BCUT2D eigenvalue weighted by molar-refractivity contribution is -0.192. The molecule has 0 saturated heterocycles. The molecule has 0 aliphatic rings. The summed E-state index contributed by atoms with van der Waals surface area (Å²) in [5.74, 6) is -2.07. The van der Waals surface area contributed by atoms with E-state index in [1.165, 1.54) is 11.3 Å². The Bertz CT molecular complexity index is 1620. The van der Waals surface area contributed by atoms with Gasteiger partial charge in [0, 0.05) is 29.8 Å². The quantitative estimate of drug-likeness (QED) is 0.267.